The Morgan fingerprint density at radius 3 is 2.76 bits per heavy atom. The first-order valence-electron chi connectivity index (χ1n) is 8.64. The van der Waals surface area contributed by atoms with Crippen molar-refractivity contribution < 1.29 is 19.4 Å². The molecule has 4 rings (SSSR count). The number of hydrogen-bond acceptors (Lipinski definition) is 6. The molecule has 2 N–H and O–H groups in total. The first kappa shape index (κ1) is 21.1. The lowest BCUT2D eigenvalue weighted by molar-refractivity contribution is -0.139. The molecule has 150 valence electrons. The maximum absolute atomic E-state index is 11.2. The number of aliphatic carboxylic acids is 1. The van der Waals surface area contributed by atoms with E-state index in [2.05, 4.69) is 32.3 Å². The van der Waals surface area contributed by atoms with E-state index in [4.69, 9.17) is 9.47 Å². The molecule has 2 atom stereocenters. The van der Waals surface area contributed by atoms with Crippen molar-refractivity contribution in [2.45, 2.75) is 18.6 Å². The van der Waals surface area contributed by atoms with Gasteiger partial charge in [0.05, 0.1) is 28.7 Å². The number of nitriles is 1. The standard InChI is InChI=1S/C20H16BrN3O4.ClH/c1-27-18-7-13-12-3-2-10(8-22)4-16(12)24-19(14(13)6-15(18)21)28-11-5-17(20(25)26)23-9-11;/h2-4,6-7,11,17,23H,5,9H2,1H3,(H,25,26);1H/t11-,17+;/m1./s1. The fraction of sp³-hybridized carbons (Fsp3) is 0.250. The van der Waals surface area contributed by atoms with E-state index < -0.39 is 12.0 Å². The fourth-order valence-corrected chi connectivity index (χ4v) is 3.93. The highest BCUT2D eigenvalue weighted by atomic mass is 79.9. The highest BCUT2D eigenvalue weighted by Crippen LogP contribution is 2.38. The molecule has 0 bridgehead atoms. The van der Waals surface area contributed by atoms with Crippen LogP contribution < -0.4 is 14.8 Å². The molecule has 0 radical (unpaired) electrons. The molecule has 7 nitrogen and oxygen atoms in total. The van der Waals surface area contributed by atoms with Crippen LogP contribution in [0.15, 0.2) is 34.8 Å². The topological polar surface area (TPSA) is 104 Å². The van der Waals surface area contributed by atoms with Gasteiger partial charge in [0.25, 0.3) is 0 Å². The van der Waals surface area contributed by atoms with Gasteiger partial charge in [-0.1, -0.05) is 6.07 Å². The van der Waals surface area contributed by atoms with Gasteiger partial charge >= 0.3 is 5.97 Å². The zero-order chi connectivity index (χ0) is 19.8. The van der Waals surface area contributed by atoms with Gasteiger partial charge in [-0.25, -0.2) is 4.98 Å². The minimum absolute atomic E-state index is 0. The number of hydrogen-bond donors (Lipinski definition) is 2. The van der Waals surface area contributed by atoms with Gasteiger partial charge in [0, 0.05) is 29.1 Å². The van der Waals surface area contributed by atoms with Crippen LogP contribution in [0.3, 0.4) is 0 Å². The molecule has 1 fully saturated rings. The van der Waals surface area contributed by atoms with E-state index in [9.17, 15) is 15.2 Å². The lowest BCUT2D eigenvalue weighted by atomic mass is 10.0. The summed E-state index contributed by atoms with van der Waals surface area (Å²) in [6.45, 7) is 0.424. The van der Waals surface area contributed by atoms with Crippen LogP contribution in [0, 0.1) is 11.3 Å². The van der Waals surface area contributed by atoms with Crippen molar-refractivity contribution in [2.75, 3.05) is 13.7 Å². The van der Waals surface area contributed by atoms with Crippen molar-refractivity contribution in [3.8, 4) is 17.7 Å². The van der Waals surface area contributed by atoms with Gasteiger partial charge < -0.3 is 19.9 Å². The molecule has 1 aliphatic heterocycles. The van der Waals surface area contributed by atoms with Crippen LogP contribution in [0.1, 0.15) is 12.0 Å². The Bertz CT molecular complexity index is 1150. The van der Waals surface area contributed by atoms with Gasteiger partial charge in [0.15, 0.2) is 0 Å². The molecule has 1 aliphatic rings. The third-order valence-corrected chi connectivity index (χ3v) is 5.45. The van der Waals surface area contributed by atoms with E-state index >= 15 is 0 Å². The Balaban J connectivity index is 0.00000240. The number of fused-ring (bicyclic) bond motifs is 3. The summed E-state index contributed by atoms with van der Waals surface area (Å²) < 4.78 is 12.3. The Morgan fingerprint density at radius 2 is 2.10 bits per heavy atom. The fourth-order valence-electron chi connectivity index (χ4n) is 3.43. The summed E-state index contributed by atoms with van der Waals surface area (Å²) >= 11 is 3.50. The van der Waals surface area contributed by atoms with Crippen molar-refractivity contribution in [1.29, 1.82) is 5.26 Å². The van der Waals surface area contributed by atoms with Crippen molar-refractivity contribution in [3.63, 3.8) is 0 Å². The van der Waals surface area contributed by atoms with Gasteiger partial charge in [0.2, 0.25) is 5.88 Å². The summed E-state index contributed by atoms with van der Waals surface area (Å²) in [6, 6.07) is 10.6. The van der Waals surface area contributed by atoms with E-state index in [0.29, 0.717) is 35.7 Å². The summed E-state index contributed by atoms with van der Waals surface area (Å²) in [4.78, 5) is 15.8. The van der Waals surface area contributed by atoms with Gasteiger partial charge in [-0.15, -0.1) is 12.4 Å². The molecule has 9 heteroatoms. The van der Waals surface area contributed by atoms with Crippen LogP contribution in [-0.2, 0) is 4.79 Å². The monoisotopic (exact) mass is 477 g/mol. The zero-order valence-electron chi connectivity index (χ0n) is 15.3. The molecule has 3 aromatic rings. The van der Waals surface area contributed by atoms with E-state index in [0.717, 1.165) is 20.6 Å². The van der Waals surface area contributed by atoms with E-state index in [1.54, 1.807) is 19.2 Å². The number of carboxylic acid groups (broad SMARTS) is 1. The van der Waals surface area contributed by atoms with Crippen LogP contribution >= 0.6 is 28.3 Å². The van der Waals surface area contributed by atoms with Gasteiger partial charge in [-0.05, 0) is 40.2 Å². The number of rotatable bonds is 4. The van der Waals surface area contributed by atoms with Crippen LogP contribution in [0.5, 0.6) is 11.6 Å². The average molecular weight is 479 g/mol. The van der Waals surface area contributed by atoms with Gasteiger partial charge in [-0.2, -0.15) is 5.26 Å². The van der Waals surface area contributed by atoms with Crippen LogP contribution in [0.4, 0.5) is 0 Å². The number of ether oxygens (including phenoxy) is 2. The Hall–Kier alpha value is -2.60. The van der Waals surface area contributed by atoms with E-state index in [-0.39, 0.29) is 18.5 Å². The van der Waals surface area contributed by atoms with Gasteiger partial charge in [0.1, 0.15) is 17.9 Å². The Kier molecular flexibility index (Phi) is 6.13. The molecule has 1 saturated heterocycles. The number of aromatic nitrogens is 1. The molecule has 0 saturated carbocycles. The number of nitrogens with zero attached hydrogens (tertiary/aromatic N) is 2. The molecular formula is C20H17BrClN3O4. The number of carboxylic acids is 1. The number of nitrogens with one attached hydrogen (secondary N) is 1. The van der Waals surface area contributed by atoms with E-state index in [1.165, 1.54) is 0 Å². The number of carbonyl (C=O) groups is 1. The predicted octanol–water partition coefficient (Wildman–Crippen LogP) is 3.65. The summed E-state index contributed by atoms with van der Waals surface area (Å²) in [6.07, 6.45) is 0.0424. The number of pyridine rings is 1. The molecule has 0 aliphatic carbocycles. The van der Waals surface area contributed by atoms with Crippen molar-refractivity contribution >= 4 is 56.0 Å². The molecule has 29 heavy (non-hydrogen) atoms. The average Bonchev–Trinajstić information content (AvgIpc) is 3.16. The molecule has 2 heterocycles. The first-order valence-corrected chi connectivity index (χ1v) is 9.43. The van der Waals surface area contributed by atoms with Crippen LogP contribution in [0.25, 0.3) is 21.7 Å². The molecule has 1 aromatic heterocycles. The second kappa shape index (κ2) is 8.41. The Morgan fingerprint density at radius 1 is 1.31 bits per heavy atom. The highest BCUT2D eigenvalue weighted by molar-refractivity contribution is 9.10. The number of methoxy groups -OCH3 is 1. The molecular weight excluding hydrogens is 462 g/mol. The predicted molar refractivity (Wildman–Crippen MR) is 114 cm³/mol. The van der Waals surface area contributed by atoms with Crippen LogP contribution in [0.2, 0.25) is 0 Å². The SMILES string of the molecule is COc1cc2c(cc1Br)c(O[C@H]1CN[C@H](C(=O)O)C1)nc1cc(C#N)ccc12.Cl. The molecule has 2 aromatic carbocycles. The molecule has 0 spiro atoms. The lowest BCUT2D eigenvalue weighted by Gasteiger charge is -2.16. The highest BCUT2D eigenvalue weighted by Gasteiger charge is 2.31. The smallest absolute Gasteiger partial charge is 0.320 e. The largest absolute Gasteiger partial charge is 0.496 e. The normalized spacial score (nSPS) is 18.2. The second-order valence-corrected chi connectivity index (χ2v) is 7.42. The Labute approximate surface area is 181 Å². The summed E-state index contributed by atoms with van der Waals surface area (Å²) in [5.41, 5.74) is 1.13. The summed E-state index contributed by atoms with van der Waals surface area (Å²) in [5, 5.41) is 23.9. The maximum Gasteiger partial charge on any atom is 0.320 e. The molecule has 0 unspecified atom stereocenters. The van der Waals surface area contributed by atoms with Crippen molar-refractivity contribution in [1.82, 2.24) is 10.3 Å². The third-order valence-electron chi connectivity index (χ3n) is 4.83. The van der Waals surface area contributed by atoms with E-state index in [1.807, 2.05) is 18.2 Å². The minimum Gasteiger partial charge on any atom is -0.496 e. The number of benzene rings is 2. The summed E-state index contributed by atoms with van der Waals surface area (Å²) in [7, 11) is 1.59. The number of halogens is 2. The maximum atomic E-state index is 11.2. The van der Waals surface area contributed by atoms with Gasteiger partial charge in [-0.3, -0.25) is 4.79 Å². The lowest BCUT2D eigenvalue weighted by Crippen LogP contribution is -2.30. The minimum atomic E-state index is -0.895. The quantitative estimate of drug-likeness (QED) is 0.552. The van der Waals surface area contributed by atoms with Crippen molar-refractivity contribution in [2.24, 2.45) is 0 Å². The molecule has 0 amide bonds. The third kappa shape index (κ3) is 3.94. The summed E-state index contributed by atoms with van der Waals surface area (Å²) in [5.74, 6) is 0.177. The zero-order valence-corrected chi connectivity index (χ0v) is 17.7. The van der Waals surface area contributed by atoms with Crippen LogP contribution in [-0.4, -0.2) is 41.9 Å². The second-order valence-electron chi connectivity index (χ2n) is 6.57. The first-order chi connectivity index (χ1) is 13.5. The van der Waals surface area contributed by atoms with Crippen molar-refractivity contribution in [3.05, 3.63) is 40.4 Å².